The van der Waals surface area contributed by atoms with Crippen LogP contribution < -0.4 is 0 Å². The lowest BCUT2D eigenvalue weighted by molar-refractivity contribution is -0.137. The Hall–Kier alpha value is -2.17. The third-order valence-corrected chi connectivity index (χ3v) is 5.82. The van der Waals surface area contributed by atoms with Crippen LogP contribution in [0.5, 0.6) is 5.88 Å². The highest BCUT2D eigenvalue weighted by Crippen LogP contribution is 2.41. The predicted molar refractivity (Wildman–Crippen MR) is 97.6 cm³/mol. The number of alkyl halides is 3. The second-order valence-corrected chi connectivity index (χ2v) is 7.55. The standard InChI is InChI=1S/C18H19F3N4O2S/c1-2-13-22-17-25(23-13)16(26)15(28-17)14(24-6-8-27-9-7-24)11-4-3-5-12(10-11)18(19,20)21/h3-5,10,14,26H,2,6-9H2,1H3/t14-/m0/s1. The van der Waals surface area contributed by atoms with Crippen LogP contribution in [0.25, 0.3) is 4.96 Å². The number of hydrogen-bond donors (Lipinski definition) is 1. The summed E-state index contributed by atoms with van der Waals surface area (Å²) in [6.07, 6.45) is -3.81. The zero-order valence-electron chi connectivity index (χ0n) is 15.1. The molecule has 10 heteroatoms. The van der Waals surface area contributed by atoms with Crippen molar-refractivity contribution in [2.45, 2.75) is 25.6 Å². The molecule has 0 amide bonds. The fraction of sp³-hybridized carbons (Fsp3) is 0.444. The van der Waals surface area contributed by atoms with Crippen LogP contribution >= 0.6 is 11.3 Å². The van der Waals surface area contributed by atoms with Crippen LogP contribution in [0.1, 0.15) is 34.8 Å². The maximum atomic E-state index is 13.3. The van der Waals surface area contributed by atoms with Crippen molar-refractivity contribution in [3.8, 4) is 5.88 Å². The Morgan fingerprint density at radius 2 is 2.04 bits per heavy atom. The summed E-state index contributed by atoms with van der Waals surface area (Å²) in [6, 6.07) is 4.71. The van der Waals surface area contributed by atoms with E-state index in [-0.39, 0.29) is 5.88 Å². The van der Waals surface area contributed by atoms with Crippen LogP contribution in [-0.2, 0) is 17.3 Å². The molecule has 1 atom stereocenters. The Bertz CT molecular complexity index is 979. The molecule has 3 heterocycles. The first-order valence-corrected chi connectivity index (χ1v) is 9.76. The summed E-state index contributed by atoms with van der Waals surface area (Å²) >= 11 is 1.25. The summed E-state index contributed by atoms with van der Waals surface area (Å²) in [5.41, 5.74) is -0.247. The van der Waals surface area contributed by atoms with E-state index in [9.17, 15) is 18.3 Å². The van der Waals surface area contributed by atoms with E-state index in [4.69, 9.17) is 4.74 Å². The van der Waals surface area contributed by atoms with Gasteiger partial charge in [0.1, 0.15) is 0 Å². The number of benzene rings is 1. The minimum absolute atomic E-state index is 0.0823. The Labute approximate surface area is 163 Å². The molecule has 3 aromatic rings. The number of morpholine rings is 1. The van der Waals surface area contributed by atoms with Crippen molar-refractivity contribution in [2.75, 3.05) is 26.3 Å². The Balaban J connectivity index is 1.83. The van der Waals surface area contributed by atoms with Gasteiger partial charge in [0.15, 0.2) is 5.82 Å². The predicted octanol–water partition coefficient (Wildman–Crippen LogP) is 3.50. The highest BCUT2D eigenvalue weighted by Gasteiger charge is 2.34. The minimum Gasteiger partial charge on any atom is -0.492 e. The first-order chi connectivity index (χ1) is 13.4. The van der Waals surface area contributed by atoms with Crippen LogP contribution in [0.3, 0.4) is 0 Å². The van der Waals surface area contributed by atoms with Crippen LogP contribution in [0.4, 0.5) is 13.2 Å². The number of rotatable bonds is 4. The number of hydrogen-bond acceptors (Lipinski definition) is 6. The maximum Gasteiger partial charge on any atom is 0.416 e. The van der Waals surface area contributed by atoms with E-state index < -0.39 is 17.8 Å². The normalized spacial score (nSPS) is 17.3. The molecule has 1 aromatic carbocycles. The summed E-state index contributed by atoms with van der Waals surface area (Å²) in [6.45, 7) is 3.98. The van der Waals surface area contributed by atoms with Gasteiger partial charge in [0.2, 0.25) is 10.8 Å². The summed E-state index contributed by atoms with van der Waals surface area (Å²) < 4.78 is 46.5. The van der Waals surface area contributed by atoms with E-state index in [1.165, 1.54) is 21.9 Å². The van der Waals surface area contributed by atoms with E-state index in [1.54, 1.807) is 6.07 Å². The summed E-state index contributed by atoms with van der Waals surface area (Å²) in [7, 11) is 0. The van der Waals surface area contributed by atoms with Gasteiger partial charge in [-0.15, -0.1) is 5.10 Å². The van der Waals surface area contributed by atoms with Gasteiger partial charge in [-0.2, -0.15) is 17.7 Å². The molecule has 1 aliphatic rings. The average molecular weight is 412 g/mol. The van der Waals surface area contributed by atoms with Crippen molar-refractivity contribution in [1.29, 1.82) is 0 Å². The Morgan fingerprint density at radius 1 is 1.29 bits per heavy atom. The minimum atomic E-state index is -4.44. The lowest BCUT2D eigenvalue weighted by Gasteiger charge is -2.34. The maximum absolute atomic E-state index is 13.3. The molecule has 4 rings (SSSR count). The van der Waals surface area contributed by atoms with E-state index >= 15 is 0 Å². The first-order valence-electron chi connectivity index (χ1n) is 8.94. The molecule has 0 saturated carbocycles. The average Bonchev–Trinajstić information content (AvgIpc) is 3.22. The number of aryl methyl sites for hydroxylation is 1. The van der Waals surface area contributed by atoms with Crippen molar-refractivity contribution in [3.05, 3.63) is 46.1 Å². The lowest BCUT2D eigenvalue weighted by atomic mass is 10.0. The van der Waals surface area contributed by atoms with Crippen molar-refractivity contribution in [2.24, 2.45) is 0 Å². The van der Waals surface area contributed by atoms with Gasteiger partial charge in [-0.25, -0.2) is 4.98 Å². The van der Waals surface area contributed by atoms with Crippen LogP contribution in [-0.4, -0.2) is 50.9 Å². The van der Waals surface area contributed by atoms with E-state index in [1.807, 2.05) is 11.8 Å². The van der Waals surface area contributed by atoms with Crippen LogP contribution in [0.15, 0.2) is 24.3 Å². The van der Waals surface area contributed by atoms with E-state index in [0.29, 0.717) is 53.9 Å². The molecule has 1 aliphatic heterocycles. The molecule has 1 fully saturated rings. The van der Waals surface area contributed by atoms with Crippen molar-refractivity contribution in [1.82, 2.24) is 19.5 Å². The first kappa shape index (κ1) is 19.2. The second-order valence-electron chi connectivity index (χ2n) is 6.54. The molecule has 2 aromatic heterocycles. The van der Waals surface area contributed by atoms with E-state index in [2.05, 4.69) is 10.1 Å². The Kier molecular flexibility index (Phi) is 5.02. The largest absolute Gasteiger partial charge is 0.492 e. The van der Waals surface area contributed by atoms with Crippen LogP contribution in [0.2, 0.25) is 0 Å². The van der Waals surface area contributed by atoms with Crippen molar-refractivity contribution < 1.29 is 23.0 Å². The van der Waals surface area contributed by atoms with Gasteiger partial charge < -0.3 is 9.84 Å². The summed E-state index contributed by atoms with van der Waals surface area (Å²) in [4.78, 5) is 7.45. The fourth-order valence-corrected chi connectivity index (χ4v) is 4.50. The number of nitrogens with zero attached hydrogens (tertiary/aromatic N) is 4. The molecule has 0 radical (unpaired) electrons. The molecule has 1 N–H and O–H groups in total. The molecule has 1 saturated heterocycles. The molecule has 28 heavy (non-hydrogen) atoms. The van der Waals surface area contributed by atoms with Crippen molar-refractivity contribution >= 4 is 16.3 Å². The summed E-state index contributed by atoms with van der Waals surface area (Å²) in [5.74, 6) is 0.524. The zero-order valence-corrected chi connectivity index (χ0v) is 15.9. The third kappa shape index (κ3) is 3.47. The number of aromatic nitrogens is 3. The third-order valence-electron chi connectivity index (χ3n) is 4.75. The quantitative estimate of drug-likeness (QED) is 0.711. The number of ether oxygens (including phenoxy) is 1. The molecular weight excluding hydrogens is 393 g/mol. The topological polar surface area (TPSA) is 62.9 Å². The van der Waals surface area contributed by atoms with Crippen molar-refractivity contribution in [3.63, 3.8) is 0 Å². The van der Waals surface area contributed by atoms with Gasteiger partial charge in [-0.05, 0) is 17.7 Å². The molecule has 0 spiro atoms. The SMILES string of the molecule is CCc1nc2sc([C@H](c3cccc(C(F)(F)F)c3)N3CCOCC3)c(O)n2n1. The highest BCUT2D eigenvalue weighted by molar-refractivity contribution is 7.17. The summed E-state index contributed by atoms with van der Waals surface area (Å²) in [5, 5.41) is 15.1. The number of fused-ring (bicyclic) bond motifs is 1. The van der Waals surface area contributed by atoms with Gasteiger partial charge in [-0.3, -0.25) is 4.90 Å². The smallest absolute Gasteiger partial charge is 0.416 e. The molecule has 150 valence electrons. The highest BCUT2D eigenvalue weighted by atomic mass is 32.1. The van der Waals surface area contributed by atoms with Gasteiger partial charge >= 0.3 is 6.18 Å². The molecular formula is C18H19F3N4O2S. The van der Waals surface area contributed by atoms with Gasteiger partial charge in [0, 0.05) is 19.5 Å². The van der Waals surface area contributed by atoms with Gasteiger partial charge in [0.25, 0.3) is 0 Å². The molecule has 0 aliphatic carbocycles. The zero-order chi connectivity index (χ0) is 19.9. The molecule has 0 bridgehead atoms. The number of halogens is 3. The van der Waals surface area contributed by atoms with Gasteiger partial charge in [0.05, 0.1) is 29.7 Å². The lowest BCUT2D eigenvalue weighted by Crippen LogP contribution is -2.39. The monoisotopic (exact) mass is 412 g/mol. The van der Waals surface area contributed by atoms with E-state index in [0.717, 1.165) is 12.1 Å². The molecule has 6 nitrogen and oxygen atoms in total. The molecule has 0 unspecified atom stereocenters. The second kappa shape index (κ2) is 7.34. The number of aromatic hydroxyl groups is 1. The Morgan fingerprint density at radius 3 is 2.68 bits per heavy atom. The number of thiazole rings is 1. The van der Waals surface area contributed by atoms with Gasteiger partial charge in [-0.1, -0.05) is 30.4 Å². The fourth-order valence-electron chi connectivity index (χ4n) is 3.37. The van der Waals surface area contributed by atoms with Crippen LogP contribution in [0, 0.1) is 0 Å².